The van der Waals surface area contributed by atoms with Crippen molar-refractivity contribution >= 4 is 50.6 Å². The number of non-ortho nitro benzene ring substituents is 1. The maximum Gasteiger partial charge on any atom is 0.293 e. The average molecular weight is 556 g/mol. The van der Waals surface area contributed by atoms with Gasteiger partial charge in [-0.05, 0) is 69.2 Å². The van der Waals surface area contributed by atoms with Gasteiger partial charge >= 0.3 is 0 Å². The van der Waals surface area contributed by atoms with Gasteiger partial charge in [0, 0.05) is 18.3 Å². The van der Waals surface area contributed by atoms with Crippen molar-refractivity contribution in [1.82, 2.24) is 9.88 Å². The maximum absolute atomic E-state index is 12.9. The number of carbonyl (C=O) groups is 2. The molecule has 0 aliphatic carbocycles. The molecule has 1 aliphatic heterocycles. The number of hydrogen-bond acceptors (Lipinski definition) is 8. The minimum Gasteiger partial charge on any atom is -0.493 e. The molecule has 3 aromatic rings. The number of halogens is 1. The third kappa shape index (κ3) is 5.69. The van der Waals surface area contributed by atoms with Crippen molar-refractivity contribution in [1.29, 1.82) is 0 Å². The molecule has 9 nitrogen and oxygen atoms in total. The standard InChI is InChI=1S/C24H18BrN3O6S/c1-33-20-11-16(10-19(25)22(20)34-14-17-4-2-3-9-26-17)12-21-23(29)27(24(30)35-21)13-15-5-7-18(8-6-15)28(31)32/h2-12H,13-14H2,1H3/b21-12-. The van der Waals surface area contributed by atoms with Crippen LogP contribution in [0, 0.1) is 10.1 Å². The van der Waals surface area contributed by atoms with E-state index in [-0.39, 0.29) is 23.7 Å². The molecule has 0 bridgehead atoms. The maximum atomic E-state index is 12.9. The summed E-state index contributed by atoms with van der Waals surface area (Å²) in [4.78, 5) is 41.3. The highest BCUT2D eigenvalue weighted by molar-refractivity contribution is 9.10. The number of pyridine rings is 1. The Morgan fingerprint density at radius 1 is 1.17 bits per heavy atom. The van der Waals surface area contributed by atoms with E-state index in [1.54, 1.807) is 24.4 Å². The molecule has 0 N–H and O–H groups in total. The Morgan fingerprint density at radius 2 is 1.94 bits per heavy atom. The zero-order valence-corrected chi connectivity index (χ0v) is 20.7. The predicted octanol–water partition coefficient (Wildman–Crippen LogP) is 5.58. The molecule has 1 aliphatic rings. The van der Waals surface area contributed by atoms with Gasteiger partial charge in [-0.1, -0.05) is 18.2 Å². The smallest absolute Gasteiger partial charge is 0.293 e. The molecule has 0 spiro atoms. The number of aromatic nitrogens is 1. The van der Waals surface area contributed by atoms with E-state index in [0.29, 0.717) is 27.1 Å². The average Bonchev–Trinajstić information content (AvgIpc) is 3.11. The van der Waals surface area contributed by atoms with E-state index in [4.69, 9.17) is 9.47 Å². The molecule has 0 radical (unpaired) electrons. The second-order valence-electron chi connectivity index (χ2n) is 7.34. The van der Waals surface area contributed by atoms with E-state index in [2.05, 4.69) is 20.9 Å². The van der Waals surface area contributed by atoms with Gasteiger partial charge in [0.25, 0.3) is 16.8 Å². The van der Waals surface area contributed by atoms with E-state index in [0.717, 1.165) is 22.4 Å². The number of nitro benzene ring substituents is 1. The van der Waals surface area contributed by atoms with Gasteiger partial charge in [-0.15, -0.1) is 0 Å². The number of carbonyl (C=O) groups excluding carboxylic acids is 2. The summed E-state index contributed by atoms with van der Waals surface area (Å²) in [5, 5.41) is 10.4. The van der Waals surface area contributed by atoms with Crippen molar-refractivity contribution in [2.75, 3.05) is 7.11 Å². The van der Waals surface area contributed by atoms with Crippen LogP contribution in [0.25, 0.3) is 6.08 Å². The summed E-state index contributed by atoms with van der Waals surface area (Å²) in [5.74, 6) is 0.497. The molecule has 2 aromatic carbocycles. The third-order valence-electron chi connectivity index (χ3n) is 5.00. The lowest BCUT2D eigenvalue weighted by atomic mass is 10.1. The van der Waals surface area contributed by atoms with Gasteiger partial charge in [0.15, 0.2) is 11.5 Å². The second kappa shape index (κ2) is 10.7. The van der Waals surface area contributed by atoms with E-state index in [1.807, 2.05) is 18.2 Å². The quantitative estimate of drug-likeness (QED) is 0.201. The van der Waals surface area contributed by atoms with Crippen LogP contribution in [0.2, 0.25) is 0 Å². The van der Waals surface area contributed by atoms with Crippen LogP contribution in [0.15, 0.2) is 70.2 Å². The SMILES string of the molecule is COc1cc(/C=C2\SC(=O)N(Cc3ccc([N+](=O)[O-])cc3)C2=O)cc(Br)c1OCc1ccccn1. The Kier molecular flexibility index (Phi) is 7.47. The van der Waals surface area contributed by atoms with Crippen LogP contribution in [0.1, 0.15) is 16.8 Å². The summed E-state index contributed by atoms with van der Waals surface area (Å²) in [6.07, 6.45) is 3.29. The van der Waals surface area contributed by atoms with E-state index in [1.165, 1.54) is 31.4 Å². The van der Waals surface area contributed by atoms with Crippen LogP contribution in [0.4, 0.5) is 10.5 Å². The number of thioether (sulfide) groups is 1. The number of benzene rings is 2. The number of nitro groups is 1. The number of amides is 2. The Morgan fingerprint density at radius 3 is 2.60 bits per heavy atom. The van der Waals surface area contributed by atoms with Crippen LogP contribution in [0.3, 0.4) is 0 Å². The molecule has 0 atom stereocenters. The molecule has 1 fully saturated rings. The minimum absolute atomic E-state index is 0.0211. The molecule has 1 aromatic heterocycles. The summed E-state index contributed by atoms with van der Waals surface area (Å²) in [7, 11) is 1.51. The lowest BCUT2D eigenvalue weighted by molar-refractivity contribution is -0.384. The van der Waals surface area contributed by atoms with Gasteiger partial charge in [0.05, 0.1) is 33.6 Å². The first kappa shape index (κ1) is 24.4. The predicted molar refractivity (Wildman–Crippen MR) is 134 cm³/mol. The van der Waals surface area contributed by atoms with Gasteiger partial charge in [-0.2, -0.15) is 0 Å². The Labute approximate surface area is 213 Å². The van der Waals surface area contributed by atoms with Crippen LogP contribution in [-0.4, -0.2) is 33.1 Å². The van der Waals surface area contributed by atoms with Crippen LogP contribution in [0.5, 0.6) is 11.5 Å². The van der Waals surface area contributed by atoms with Gasteiger partial charge in [0.1, 0.15) is 6.61 Å². The Hall–Kier alpha value is -3.70. The monoisotopic (exact) mass is 555 g/mol. The molecular weight excluding hydrogens is 538 g/mol. The lowest BCUT2D eigenvalue weighted by Gasteiger charge is -2.14. The van der Waals surface area contributed by atoms with Gasteiger partial charge in [0.2, 0.25) is 0 Å². The number of ether oxygens (including phenoxy) is 2. The highest BCUT2D eigenvalue weighted by atomic mass is 79.9. The fourth-order valence-corrected chi connectivity index (χ4v) is 4.70. The van der Waals surface area contributed by atoms with Crippen LogP contribution >= 0.6 is 27.7 Å². The number of hydrogen-bond donors (Lipinski definition) is 0. The summed E-state index contributed by atoms with van der Waals surface area (Å²) in [6, 6.07) is 14.7. The molecule has 1 saturated heterocycles. The number of methoxy groups -OCH3 is 1. The van der Waals surface area contributed by atoms with Crippen molar-refractivity contribution < 1.29 is 24.0 Å². The lowest BCUT2D eigenvalue weighted by Crippen LogP contribution is -2.27. The number of rotatable bonds is 8. The van der Waals surface area contributed by atoms with E-state index < -0.39 is 16.1 Å². The van der Waals surface area contributed by atoms with Gasteiger partial charge in [-0.3, -0.25) is 29.6 Å². The van der Waals surface area contributed by atoms with E-state index >= 15 is 0 Å². The molecule has 0 saturated carbocycles. The third-order valence-corrected chi connectivity index (χ3v) is 6.50. The Bertz CT molecular complexity index is 1310. The molecule has 11 heteroatoms. The first-order valence-electron chi connectivity index (χ1n) is 10.2. The van der Waals surface area contributed by atoms with Crippen molar-refractivity contribution in [3.8, 4) is 11.5 Å². The van der Waals surface area contributed by atoms with Crippen molar-refractivity contribution in [2.24, 2.45) is 0 Å². The first-order valence-corrected chi connectivity index (χ1v) is 11.9. The molecule has 35 heavy (non-hydrogen) atoms. The van der Waals surface area contributed by atoms with Crippen molar-refractivity contribution in [3.63, 3.8) is 0 Å². The minimum atomic E-state index is -0.506. The van der Waals surface area contributed by atoms with Crippen LogP contribution < -0.4 is 9.47 Å². The summed E-state index contributed by atoms with van der Waals surface area (Å²) >= 11 is 4.32. The second-order valence-corrected chi connectivity index (χ2v) is 9.18. The normalized spacial score (nSPS) is 14.5. The number of imide groups is 1. The molecular formula is C24H18BrN3O6S. The zero-order chi connectivity index (χ0) is 24.9. The first-order chi connectivity index (χ1) is 16.9. The topological polar surface area (TPSA) is 112 Å². The summed E-state index contributed by atoms with van der Waals surface area (Å²) < 4.78 is 12.0. The summed E-state index contributed by atoms with van der Waals surface area (Å²) in [5.41, 5.74) is 1.94. The largest absolute Gasteiger partial charge is 0.493 e. The molecule has 0 unspecified atom stereocenters. The fraction of sp³-hybridized carbons (Fsp3) is 0.125. The molecule has 2 heterocycles. The summed E-state index contributed by atoms with van der Waals surface area (Å²) in [6.45, 7) is 0.268. The van der Waals surface area contributed by atoms with Crippen molar-refractivity contribution in [3.05, 3.63) is 97.1 Å². The zero-order valence-electron chi connectivity index (χ0n) is 18.3. The molecule has 4 rings (SSSR count). The fourth-order valence-electron chi connectivity index (χ4n) is 3.29. The van der Waals surface area contributed by atoms with E-state index in [9.17, 15) is 19.7 Å². The molecule has 178 valence electrons. The highest BCUT2D eigenvalue weighted by Crippen LogP contribution is 2.39. The number of nitrogens with zero attached hydrogens (tertiary/aromatic N) is 3. The van der Waals surface area contributed by atoms with Crippen molar-refractivity contribution in [2.45, 2.75) is 13.2 Å². The van der Waals surface area contributed by atoms with Gasteiger partial charge in [-0.25, -0.2) is 0 Å². The Balaban J connectivity index is 1.51. The van der Waals surface area contributed by atoms with Crippen LogP contribution in [-0.2, 0) is 17.9 Å². The van der Waals surface area contributed by atoms with Gasteiger partial charge < -0.3 is 9.47 Å². The molecule has 2 amide bonds. The highest BCUT2D eigenvalue weighted by Gasteiger charge is 2.35.